The molecular formula is C17H23F3N2O4S. The summed E-state index contributed by atoms with van der Waals surface area (Å²) in [5, 5.41) is 2.36. The van der Waals surface area contributed by atoms with Gasteiger partial charge in [-0.15, -0.1) is 0 Å². The minimum Gasteiger partial charge on any atom is -0.362 e. The van der Waals surface area contributed by atoms with E-state index >= 15 is 0 Å². The topological polar surface area (TPSA) is 75.7 Å². The SMILES string of the molecule is C[C@@H]1C[C@H](C)CN(S(=O)(=O)c2ccc(NC(=O)COCC(F)(F)F)cc2)C1. The number of nitrogens with one attached hydrogen (secondary N) is 1. The van der Waals surface area contributed by atoms with Gasteiger partial charge in [-0.25, -0.2) is 8.42 Å². The summed E-state index contributed by atoms with van der Waals surface area (Å²) in [7, 11) is -3.63. The average molecular weight is 408 g/mol. The summed E-state index contributed by atoms with van der Waals surface area (Å²) >= 11 is 0. The Bertz CT molecular complexity index is 740. The fourth-order valence-corrected chi connectivity index (χ4v) is 4.80. The van der Waals surface area contributed by atoms with Crippen LogP contribution in [0.1, 0.15) is 20.3 Å². The van der Waals surface area contributed by atoms with Crippen molar-refractivity contribution >= 4 is 21.6 Å². The van der Waals surface area contributed by atoms with Crippen LogP contribution in [-0.4, -0.2) is 51.1 Å². The van der Waals surface area contributed by atoms with Crippen LogP contribution in [0.3, 0.4) is 0 Å². The van der Waals surface area contributed by atoms with E-state index in [0.29, 0.717) is 13.1 Å². The Morgan fingerprint density at radius 1 is 1.19 bits per heavy atom. The normalized spacial score (nSPS) is 21.8. The van der Waals surface area contributed by atoms with Crippen LogP contribution in [0, 0.1) is 11.8 Å². The maximum absolute atomic E-state index is 12.8. The maximum Gasteiger partial charge on any atom is 0.411 e. The van der Waals surface area contributed by atoms with Gasteiger partial charge in [0, 0.05) is 18.8 Å². The third-order valence-electron chi connectivity index (χ3n) is 4.11. The zero-order valence-corrected chi connectivity index (χ0v) is 15.9. The molecule has 0 bridgehead atoms. The third kappa shape index (κ3) is 6.47. The van der Waals surface area contributed by atoms with E-state index in [2.05, 4.69) is 10.1 Å². The van der Waals surface area contributed by atoms with Crippen molar-refractivity contribution in [2.24, 2.45) is 11.8 Å². The molecule has 1 aliphatic heterocycles. The van der Waals surface area contributed by atoms with Gasteiger partial charge in [0.2, 0.25) is 15.9 Å². The highest BCUT2D eigenvalue weighted by Gasteiger charge is 2.31. The summed E-state index contributed by atoms with van der Waals surface area (Å²) in [5.74, 6) is -0.203. The van der Waals surface area contributed by atoms with E-state index in [1.165, 1.54) is 28.6 Å². The van der Waals surface area contributed by atoms with Crippen molar-refractivity contribution in [1.29, 1.82) is 0 Å². The largest absolute Gasteiger partial charge is 0.411 e. The van der Waals surface area contributed by atoms with Crippen molar-refractivity contribution in [3.8, 4) is 0 Å². The van der Waals surface area contributed by atoms with Crippen molar-refractivity contribution < 1.29 is 31.1 Å². The number of anilines is 1. The second-order valence-electron chi connectivity index (χ2n) is 6.95. The van der Waals surface area contributed by atoms with Gasteiger partial charge in [-0.05, 0) is 42.5 Å². The fraction of sp³-hybridized carbons (Fsp3) is 0.588. The zero-order valence-electron chi connectivity index (χ0n) is 15.1. The Labute approximate surface area is 156 Å². The van der Waals surface area contributed by atoms with Crippen LogP contribution in [0.4, 0.5) is 18.9 Å². The van der Waals surface area contributed by atoms with Gasteiger partial charge in [0.1, 0.15) is 13.2 Å². The first-order chi connectivity index (χ1) is 12.5. The molecule has 2 atom stereocenters. The molecule has 1 heterocycles. The first kappa shape index (κ1) is 21.6. The molecule has 1 N–H and O–H groups in total. The molecule has 0 aliphatic carbocycles. The lowest BCUT2D eigenvalue weighted by Gasteiger charge is -2.34. The number of benzene rings is 1. The number of ether oxygens (including phenoxy) is 1. The summed E-state index contributed by atoms with van der Waals surface area (Å²) in [4.78, 5) is 11.7. The Hall–Kier alpha value is -1.65. The molecule has 0 spiro atoms. The summed E-state index contributed by atoms with van der Waals surface area (Å²) in [6, 6.07) is 5.52. The lowest BCUT2D eigenvalue weighted by atomic mass is 9.94. The molecular weight excluding hydrogens is 385 g/mol. The molecule has 1 saturated heterocycles. The predicted octanol–water partition coefficient (Wildman–Crippen LogP) is 2.87. The van der Waals surface area contributed by atoms with Gasteiger partial charge in [0.25, 0.3) is 0 Å². The van der Waals surface area contributed by atoms with E-state index in [4.69, 9.17) is 0 Å². The van der Waals surface area contributed by atoms with Gasteiger partial charge in [-0.2, -0.15) is 17.5 Å². The van der Waals surface area contributed by atoms with Crippen molar-refractivity contribution in [3.63, 3.8) is 0 Å². The molecule has 6 nitrogen and oxygen atoms in total. The highest BCUT2D eigenvalue weighted by Crippen LogP contribution is 2.27. The fourth-order valence-electron chi connectivity index (χ4n) is 3.12. The Morgan fingerprint density at radius 2 is 1.74 bits per heavy atom. The number of sulfonamides is 1. The van der Waals surface area contributed by atoms with Crippen LogP contribution in [0.5, 0.6) is 0 Å². The van der Waals surface area contributed by atoms with Crippen LogP contribution in [0.2, 0.25) is 0 Å². The van der Waals surface area contributed by atoms with Crippen molar-refractivity contribution in [3.05, 3.63) is 24.3 Å². The van der Waals surface area contributed by atoms with Crippen LogP contribution >= 0.6 is 0 Å². The van der Waals surface area contributed by atoms with Crippen molar-refractivity contribution in [2.45, 2.75) is 31.3 Å². The molecule has 1 aromatic carbocycles. The average Bonchev–Trinajstić information content (AvgIpc) is 2.53. The van der Waals surface area contributed by atoms with Crippen molar-refractivity contribution in [2.75, 3.05) is 31.6 Å². The Kier molecular flexibility index (Phi) is 6.87. The number of halogens is 3. The predicted molar refractivity (Wildman–Crippen MR) is 93.6 cm³/mol. The first-order valence-corrected chi connectivity index (χ1v) is 9.96. The minimum atomic E-state index is -4.50. The lowest BCUT2D eigenvalue weighted by Crippen LogP contribution is -2.42. The second-order valence-corrected chi connectivity index (χ2v) is 8.89. The molecule has 2 rings (SSSR count). The third-order valence-corrected chi connectivity index (χ3v) is 5.96. The highest BCUT2D eigenvalue weighted by molar-refractivity contribution is 7.89. The molecule has 152 valence electrons. The van der Waals surface area contributed by atoms with Gasteiger partial charge in [-0.1, -0.05) is 13.8 Å². The summed E-state index contributed by atoms with van der Waals surface area (Å²) in [6.07, 6.45) is -3.52. The number of hydrogen-bond acceptors (Lipinski definition) is 4. The molecule has 0 unspecified atom stereocenters. The summed E-state index contributed by atoms with van der Waals surface area (Å²) in [5.41, 5.74) is 0.273. The van der Waals surface area contributed by atoms with E-state index in [0.717, 1.165) is 6.42 Å². The number of hydrogen-bond donors (Lipinski definition) is 1. The molecule has 1 fully saturated rings. The van der Waals surface area contributed by atoms with Crippen molar-refractivity contribution in [1.82, 2.24) is 4.31 Å². The maximum atomic E-state index is 12.8. The van der Waals surface area contributed by atoms with E-state index in [9.17, 15) is 26.4 Å². The molecule has 1 aliphatic rings. The van der Waals surface area contributed by atoms with Crippen LogP contribution in [0.15, 0.2) is 29.2 Å². The summed E-state index contributed by atoms with van der Waals surface area (Å²) in [6.45, 7) is 2.69. The summed E-state index contributed by atoms with van der Waals surface area (Å²) < 4.78 is 67.2. The quantitative estimate of drug-likeness (QED) is 0.785. The van der Waals surface area contributed by atoms with E-state index in [1.807, 2.05) is 13.8 Å². The molecule has 0 aromatic heterocycles. The van der Waals surface area contributed by atoms with Crippen LogP contribution in [0.25, 0.3) is 0 Å². The van der Waals surface area contributed by atoms with Gasteiger partial charge in [0.15, 0.2) is 0 Å². The zero-order chi connectivity index (χ0) is 20.2. The molecule has 0 saturated carbocycles. The van der Waals surface area contributed by atoms with Crippen LogP contribution in [-0.2, 0) is 19.6 Å². The Morgan fingerprint density at radius 3 is 2.26 bits per heavy atom. The molecule has 1 amide bonds. The second kappa shape index (κ2) is 8.57. The number of nitrogens with zero attached hydrogens (tertiary/aromatic N) is 1. The van der Waals surface area contributed by atoms with E-state index < -0.39 is 35.3 Å². The monoisotopic (exact) mass is 408 g/mol. The van der Waals surface area contributed by atoms with Gasteiger partial charge in [-0.3, -0.25) is 4.79 Å². The van der Waals surface area contributed by atoms with Gasteiger partial charge < -0.3 is 10.1 Å². The number of carbonyl (C=O) groups is 1. The molecule has 0 radical (unpaired) electrons. The highest BCUT2D eigenvalue weighted by atomic mass is 32.2. The lowest BCUT2D eigenvalue weighted by molar-refractivity contribution is -0.174. The minimum absolute atomic E-state index is 0.107. The number of alkyl halides is 3. The molecule has 27 heavy (non-hydrogen) atoms. The smallest absolute Gasteiger partial charge is 0.362 e. The number of piperidine rings is 1. The number of carbonyl (C=O) groups excluding carboxylic acids is 1. The molecule has 10 heteroatoms. The van der Waals surface area contributed by atoms with E-state index in [1.54, 1.807) is 0 Å². The Balaban J connectivity index is 1.97. The standard InChI is InChI=1S/C17H23F3N2O4S/c1-12-7-13(2)9-22(8-12)27(24,25)15-5-3-14(4-6-15)21-16(23)10-26-11-17(18,19)20/h3-6,12-13H,7-11H2,1-2H3,(H,21,23)/t12-,13+. The van der Waals surface area contributed by atoms with Gasteiger partial charge >= 0.3 is 6.18 Å². The van der Waals surface area contributed by atoms with Crippen LogP contribution < -0.4 is 5.32 Å². The van der Waals surface area contributed by atoms with Gasteiger partial charge in [0.05, 0.1) is 4.90 Å². The number of rotatable bonds is 6. The molecule has 1 aromatic rings. The number of amides is 1. The first-order valence-electron chi connectivity index (χ1n) is 8.52. The van der Waals surface area contributed by atoms with E-state index in [-0.39, 0.29) is 22.4 Å².